The van der Waals surface area contributed by atoms with E-state index < -0.39 is 11.9 Å². The number of carboxylic acids is 2. The molecule has 0 spiro atoms. The number of aromatic carboxylic acids is 2. The van der Waals surface area contributed by atoms with Crippen LogP contribution in [-0.4, -0.2) is 46.3 Å². The average Bonchev–Trinajstić information content (AvgIpc) is 2.85. The maximum absolute atomic E-state index is 10.5. The largest absolute Gasteiger partial charge is 0.543 e. The molecule has 6 nitrogen and oxygen atoms in total. The number of aromatic nitrogens is 2. The van der Waals surface area contributed by atoms with Gasteiger partial charge in [0.15, 0.2) is 0 Å². The summed E-state index contributed by atoms with van der Waals surface area (Å²) in [6.45, 7) is 12.0. The predicted octanol–water partition coefficient (Wildman–Crippen LogP) is 4.51. The molecule has 0 amide bonds. The molecule has 2 heterocycles. The van der Waals surface area contributed by atoms with Crippen LogP contribution in [0.25, 0.3) is 21.8 Å². The minimum absolute atomic E-state index is 0. The van der Waals surface area contributed by atoms with Gasteiger partial charge < -0.3 is 19.8 Å². The van der Waals surface area contributed by atoms with Crippen LogP contribution in [-0.2, 0) is 0 Å². The van der Waals surface area contributed by atoms with Crippen LogP contribution in [0.15, 0.2) is 72.8 Å². The number of carbonyl (C=O) groups is 2. The second-order valence-corrected chi connectivity index (χ2v) is 7.09. The van der Waals surface area contributed by atoms with E-state index in [9.17, 15) is 19.8 Å². The predicted molar refractivity (Wildman–Crippen MR) is 145 cm³/mol. The molecule has 190 valence electrons. The molecular weight excluding hydrogens is 562 g/mol. The van der Waals surface area contributed by atoms with E-state index in [-0.39, 0.29) is 35.8 Å². The second-order valence-electron chi connectivity index (χ2n) is 7.09. The number of fused-ring (bicyclic) bond motifs is 2. The van der Waals surface area contributed by atoms with Crippen LogP contribution in [0.5, 0.6) is 0 Å². The summed E-state index contributed by atoms with van der Waals surface area (Å²) in [7, 11) is 0. The van der Waals surface area contributed by atoms with Crippen LogP contribution in [0.2, 0.25) is 0 Å². The van der Waals surface area contributed by atoms with Crippen molar-refractivity contribution in [2.75, 3.05) is 0 Å². The summed E-state index contributed by atoms with van der Waals surface area (Å²) in [6.07, 6.45) is 6.00. The van der Waals surface area contributed by atoms with Crippen LogP contribution in [0.3, 0.4) is 0 Å². The molecule has 7 heteroatoms. The van der Waals surface area contributed by atoms with Crippen LogP contribution in [0, 0.1) is 19.3 Å². The number of carboxylic acid groups (broad SMARTS) is 2. The van der Waals surface area contributed by atoms with Gasteiger partial charge in [-0.3, -0.25) is 0 Å². The standard InChI is InChI=1S/2C10H7NO2.3C3H7.Sb/c2*12-10(13)9-6-5-7-3-1-2-4-8(7)11-9;3*1-3-2;/h2*1-6H,(H,12,13);3*3H,1-2H3;/p-2. The van der Waals surface area contributed by atoms with Gasteiger partial charge in [0.1, 0.15) is 0 Å². The van der Waals surface area contributed by atoms with Gasteiger partial charge in [-0.15, -0.1) is 0 Å². The molecule has 0 aliphatic rings. The van der Waals surface area contributed by atoms with Crippen molar-refractivity contribution in [3.63, 3.8) is 0 Å². The van der Waals surface area contributed by atoms with Gasteiger partial charge in [0, 0.05) is 35.2 Å². The maximum atomic E-state index is 10.5. The summed E-state index contributed by atoms with van der Waals surface area (Å²) in [5.74, 6) is -2.49. The number of rotatable bonds is 2. The summed E-state index contributed by atoms with van der Waals surface area (Å²) >= 11 is 0. The minimum atomic E-state index is -1.24. The SMILES string of the molecule is C[CH]C.C[CH]C.C[CH]C.O=C([O-])c1ccc2ccccc2n1.O=C([O-])c1ccc2ccccc2n1.[Sb]. The Morgan fingerprint density at radius 2 is 0.833 bits per heavy atom. The van der Waals surface area contributed by atoms with Gasteiger partial charge in [-0.25, -0.2) is 9.97 Å². The van der Waals surface area contributed by atoms with Gasteiger partial charge >= 0.3 is 0 Å². The molecule has 0 bridgehead atoms. The van der Waals surface area contributed by atoms with E-state index in [0.29, 0.717) is 11.0 Å². The van der Waals surface area contributed by atoms with Crippen LogP contribution in [0.4, 0.5) is 0 Å². The van der Waals surface area contributed by atoms with Gasteiger partial charge in [-0.05, 0) is 43.5 Å². The third-order valence-corrected chi connectivity index (χ3v) is 3.62. The molecule has 4 aromatic rings. The Balaban J connectivity index is 0. The quantitative estimate of drug-likeness (QED) is 0.316. The van der Waals surface area contributed by atoms with Gasteiger partial charge in [0.05, 0.1) is 34.4 Å². The molecule has 0 aliphatic heterocycles. The van der Waals surface area contributed by atoms with Crippen molar-refractivity contribution in [2.45, 2.75) is 41.5 Å². The third kappa shape index (κ3) is 13.8. The van der Waals surface area contributed by atoms with Gasteiger partial charge in [0.2, 0.25) is 0 Å². The fourth-order valence-electron chi connectivity index (χ4n) is 2.36. The van der Waals surface area contributed by atoms with Gasteiger partial charge in [-0.1, -0.05) is 90.1 Å². The van der Waals surface area contributed by atoms with E-state index in [1.165, 1.54) is 12.1 Å². The summed E-state index contributed by atoms with van der Waals surface area (Å²) in [4.78, 5) is 28.8. The second kappa shape index (κ2) is 21.3. The van der Waals surface area contributed by atoms with Gasteiger partial charge in [-0.2, -0.15) is 0 Å². The molecule has 2 aromatic heterocycles. The van der Waals surface area contributed by atoms with Crippen molar-refractivity contribution < 1.29 is 19.8 Å². The number of carbonyl (C=O) groups excluding carboxylic acids is 2. The number of nitrogens with zero attached hydrogens (tertiary/aromatic N) is 2. The molecule has 36 heavy (non-hydrogen) atoms. The smallest absolute Gasteiger partial charge is 0.0900 e. The molecule has 0 unspecified atom stereocenters. The molecule has 4 rings (SSSR count). The third-order valence-electron chi connectivity index (χ3n) is 3.62. The Morgan fingerprint density at radius 3 is 1.11 bits per heavy atom. The normalized spacial score (nSPS) is 8.83. The zero-order valence-corrected chi connectivity index (χ0v) is 24.2. The van der Waals surface area contributed by atoms with Crippen LogP contribution in [0.1, 0.15) is 62.5 Å². The summed E-state index contributed by atoms with van der Waals surface area (Å²) in [6, 6.07) is 21.0. The Hall–Kier alpha value is -2.98. The molecule has 0 saturated heterocycles. The Kier molecular flexibility index (Phi) is 20.8. The summed E-state index contributed by atoms with van der Waals surface area (Å²) in [5, 5.41) is 22.8. The summed E-state index contributed by atoms with van der Waals surface area (Å²) < 4.78 is 0. The van der Waals surface area contributed by atoms with E-state index >= 15 is 0 Å². The van der Waals surface area contributed by atoms with E-state index in [2.05, 4.69) is 9.97 Å². The molecule has 6 radical (unpaired) electrons. The number of pyridine rings is 2. The van der Waals surface area contributed by atoms with E-state index in [4.69, 9.17) is 0 Å². The van der Waals surface area contributed by atoms with E-state index in [0.717, 1.165) is 10.8 Å². The Morgan fingerprint density at radius 1 is 0.556 bits per heavy atom. The molecule has 0 saturated carbocycles. The number of benzene rings is 2. The Bertz CT molecular complexity index is 1070. The van der Waals surface area contributed by atoms with Crippen molar-refractivity contribution in [1.29, 1.82) is 0 Å². The molecule has 0 aliphatic carbocycles. The molecule has 0 N–H and O–H groups in total. The molecule has 2 aromatic carbocycles. The number of para-hydroxylation sites is 2. The first-order chi connectivity index (χ1) is 16.8. The number of hydrogen-bond donors (Lipinski definition) is 0. The fraction of sp³-hybridized carbons (Fsp3) is 0.207. The zero-order valence-electron chi connectivity index (χ0n) is 21.6. The van der Waals surface area contributed by atoms with Crippen molar-refractivity contribution in [2.24, 2.45) is 0 Å². The first-order valence-electron chi connectivity index (χ1n) is 11.2. The van der Waals surface area contributed by atoms with Crippen molar-refractivity contribution >= 4 is 58.2 Å². The molecular formula is C29H33N2O4Sb-2. The van der Waals surface area contributed by atoms with E-state index in [1.54, 1.807) is 24.3 Å². The van der Waals surface area contributed by atoms with Crippen molar-refractivity contribution in [3.8, 4) is 0 Å². The average molecular weight is 595 g/mol. The minimum Gasteiger partial charge on any atom is -0.543 e. The topological polar surface area (TPSA) is 106 Å². The number of hydrogen-bond acceptors (Lipinski definition) is 6. The van der Waals surface area contributed by atoms with Crippen molar-refractivity contribution in [3.05, 3.63) is 103 Å². The maximum Gasteiger partial charge on any atom is 0.0900 e. The monoisotopic (exact) mass is 594 g/mol. The van der Waals surface area contributed by atoms with Crippen LogP contribution < -0.4 is 10.2 Å². The fourth-order valence-corrected chi connectivity index (χ4v) is 2.36. The summed E-state index contributed by atoms with van der Waals surface area (Å²) in [5.41, 5.74) is 1.28. The van der Waals surface area contributed by atoms with Gasteiger partial charge in [0.25, 0.3) is 0 Å². The van der Waals surface area contributed by atoms with Crippen LogP contribution >= 0.6 is 0 Å². The van der Waals surface area contributed by atoms with Crippen molar-refractivity contribution in [1.82, 2.24) is 9.97 Å². The van der Waals surface area contributed by atoms with E-state index in [1.807, 2.05) is 97.2 Å². The first kappa shape index (κ1) is 35.2. The molecule has 0 atom stereocenters. The Labute approximate surface area is 232 Å². The molecule has 0 fully saturated rings. The first-order valence-corrected chi connectivity index (χ1v) is 11.2. The zero-order chi connectivity index (χ0) is 26.6.